The summed E-state index contributed by atoms with van der Waals surface area (Å²) < 4.78 is 0. The molecular formula is C15H18N4O2. The first-order chi connectivity index (χ1) is 10.2. The van der Waals surface area contributed by atoms with Crippen molar-refractivity contribution in [3.8, 4) is 0 Å². The quantitative estimate of drug-likeness (QED) is 0.755. The Balaban J connectivity index is 1.80. The summed E-state index contributed by atoms with van der Waals surface area (Å²) in [6, 6.07) is 10.5. The number of rotatable bonds is 6. The molecule has 2 rings (SSSR count). The molecule has 0 saturated heterocycles. The molecule has 1 aromatic heterocycles. The van der Waals surface area contributed by atoms with Gasteiger partial charge in [0, 0.05) is 17.3 Å². The molecule has 6 nitrogen and oxygen atoms in total. The zero-order chi connectivity index (χ0) is 15.1. The number of benzene rings is 1. The van der Waals surface area contributed by atoms with E-state index in [2.05, 4.69) is 27.8 Å². The maximum atomic E-state index is 11.8. The van der Waals surface area contributed by atoms with Gasteiger partial charge in [0.15, 0.2) is 5.82 Å². The van der Waals surface area contributed by atoms with E-state index in [1.54, 1.807) is 30.3 Å². The fourth-order valence-corrected chi connectivity index (χ4v) is 1.86. The molecule has 0 fully saturated rings. The Bertz CT molecular complexity index is 607. The Hall–Kier alpha value is -2.63. The average Bonchev–Trinajstić information content (AvgIpc) is 2.93. The van der Waals surface area contributed by atoms with E-state index in [9.17, 15) is 9.59 Å². The van der Waals surface area contributed by atoms with Crippen molar-refractivity contribution in [3.05, 3.63) is 47.7 Å². The van der Waals surface area contributed by atoms with E-state index in [4.69, 9.17) is 0 Å². The monoisotopic (exact) mass is 286 g/mol. The van der Waals surface area contributed by atoms with Gasteiger partial charge in [0.05, 0.1) is 6.54 Å². The Morgan fingerprint density at radius 2 is 2.00 bits per heavy atom. The van der Waals surface area contributed by atoms with Crippen LogP contribution in [0.5, 0.6) is 0 Å². The van der Waals surface area contributed by atoms with Gasteiger partial charge in [0.2, 0.25) is 5.91 Å². The average molecular weight is 286 g/mol. The second kappa shape index (κ2) is 7.23. The van der Waals surface area contributed by atoms with Crippen LogP contribution in [0.15, 0.2) is 36.4 Å². The van der Waals surface area contributed by atoms with Crippen LogP contribution in [0.2, 0.25) is 0 Å². The summed E-state index contributed by atoms with van der Waals surface area (Å²) in [5, 5.41) is 12.0. The van der Waals surface area contributed by atoms with E-state index in [0.717, 1.165) is 18.5 Å². The van der Waals surface area contributed by atoms with Crippen LogP contribution in [0.4, 0.5) is 5.82 Å². The number of hydrogen-bond acceptors (Lipinski definition) is 3. The minimum atomic E-state index is -0.311. The van der Waals surface area contributed by atoms with Crippen molar-refractivity contribution >= 4 is 17.6 Å². The fourth-order valence-electron chi connectivity index (χ4n) is 1.86. The normalized spacial score (nSPS) is 10.1. The molecule has 2 amide bonds. The predicted molar refractivity (Wildman–Crippen MR) is 80.0 cm³/mol. The van der Waals surface area contributed by atoms with Gasteiger partial charge in [0.1, 0.15) is 0 Å². The molecule has 1 aromatic carbocycles. The molecule has 1 heterocycles. The summed E-state index contributed by atoms with van der Waals surface area (Å²) >= 11 is 0. The standard InChI is InChI=1S/C15H18N4O2/c1-2-6-12-9-13(19-18-12)17-14(20)10-16-15(21)11-7-4-3-5-8-11/h3-5,7-9H,2,6,10H2,1H3,(H,16,21)(H2,17,18,19,20). The van der Waals surface area contributed by atoms with Crippen LogP contribution < -0.4 is 10.6 Å². The molecule has 21 heavy (non-hydrogen) atoms. The third-order valence-electron chi connectivity index (χ3n) is 2.86. The number of aromatic nitrogens is 2. The van der Waals surface area contributed by atoms with Gasteiger partial charge in [-0.15, -0.1) is 0 Å². The maximum Gasteiger partial charge on any atom is 0.251 e. The number of carbonyl (C=O) groups is 2. The van der Waals surface area contributed by atoms with Gasteiger partial charge in [-0.3, -0.25) is 14.7 Å². The Kier molecular flexibility index (Phi) is 5.09. The van der Waals surface area contributed by atoms with Crippen molar-refractivity contribution in [2.24, 2.45) is 0 Å². The summed E-state index contributed by atoms with van der Waals surface area (Å²) in [5.41, 5.74) is 1.50. The molecule has 0 aliphatic heterocycles. The number of anilines is 1. The summed E-state index contributed by atoms with van der Waals surface area (Å²) in [5.74, 6) is -0.120. The number of aryl methyl sites for hydroxylation is 1. The lowest BCUT2D eigenvalue weighted by molar-refractivity contribution is -0.115. The van der Waals surface area contributed by atoms with Crippen molar-refractivity contribution in [2.45, 2.75) is 19.8 Å². The molecule has 110 valence electrons. The maximum absolute atomic E-state index is 11.8. The lowest BCUT2D eigenvalue weighted by Gasteiger charge is -2.04. The van der Waals surface area contributed by atoms with Gasteiger partial charge >= 0.3 is 0 Å². The first kappa shape index (κ1) is 14.8. The highest BCUT2D eigenvalue weighted by Crippen LogP contribution is 2.06. The summed E-state index contributed by atoms with van der Waals surface area (Å²) in [7, 11) is 0. The van der Waals surface area contributed by atoms with Crippen LogP contribution >= 0.6 is 0 Å². The van der Waals surface area contributed by atoms with E-state index in [0.29, 0.717) is 11.4 Å². The number of H-pyrrole nitrogens is 1. The van der Waals surface area contributed by atoms with Gasteiger partial charge in [-0.25, -0.2) is 0 Å². The number of aromatic amines is 1. The second-order valence-electron chi connectivity index (χ2n) is 4.63. The van der Waals surface area contributed by atoms with Crippen molar-refractivity contribution in [3.63, 3.8) is 0 Å². The van der Waals surface area contributed by atoms with Gasteiger partial charge < -0.3 is 10.6 Å². The number of nitrogens with zero attached hydrogens (tertiary/aromatic N) is 1. The number of amides is 2. The highest BCUT2D eigenvalue weighted by atomic mass is 16.2. The van der Waals surface area contributed by atoms with Gasteiger partial charge in [-0.1, -0.05) is 31.5 Å². The van der Waals surface area contributed by atoms with Crippen LogP contribution in [0.3, 0.4) is 0 Å². The lowest BCUT2D eigenvalue weighted by Crippen LogP contribution is -2.32. The van der Waals surface area contributed by atoms with Crippen LogP contribution in [0.25, 0.3) is 0 Å². The van der Waals surface area contributed by atoms with Gasteiger partial charge in [-0.2, -0.15) is 5.10 Å². The molecule has 6 heteroatoms. The Morgan fingerprint density at radius 3 is 2.71 bits per heavy atom. The molecule has 0 bridgehead atoms. The van der Waals surface area contributed by atoms with Crippen molar-refractivity contribution in [1.82, 2.24) is 15.5 Å². The first-order valence-corrected chi connectivity index (χ1v) is 6.86. The molecular weight excluding hydrogens is 268 g/mol. The molecule has 0 unspecified atom stereocenters. The van der Waals surface area contributed by atoms with Crippen LogP contribution in [0, 0.1) is 0 Å². The van der Waals surface area contributed by atoms with E-state index in [-0.39, 0.29) is 18.4 Å². The van der Waals surface area contributed by atoms with E-state index in [1.165, 1.54) is 0 Å². The Morgan fingerprint density at radius 1 is 1.24 bits per heavy atom. The third-order valence-corrected chi connectivity index (χ3v) is 2.86. The van der Waals surface area contributed by atoms with E-state index in [1.807, 2.05) is 6.07 Å². The second-order valence-corrected chi connectivity index (χ2v) is 4.63. The smallest absolute Gasteiger partial charge is 0.251 e. The van der Waals surface area contributed by atoms with Crippen LogP contribution in [-0.4, -0.2) is 28.6 Å². The number of nitrogens with one attached hydrogen (secondary N) is 3. The Labute approximate surface area is 122 Å². The summed E-state index contributed by atoms with van der Waals surface area (Å²) in [6.45, 7) is 1.97. The van der Waals surface area contributed by atoms with Crippen LogP contribution in [-0.2, 0) is 11.2 Å². The predicted octanol–water partition coefficient (Wildman–Crippen LogP) is 1.73. The first-order valence-electron chi connectivity index (χ1n) is 6.86. The lowest BCUT2D eigenvalue weighted by atomic mass is 10.2. The van der Waals surface area contributed by atoms with Gasteiger partial charge in [-0.05, 0) is 18.6 Å². The van der Waals surface area contributed by atoms with E-state index < -0.39 is 0 Å². The molecule has 0 aliphatic carbocycles. The van der Waals surface area contributed by atoms with Crippen LogP contribution in [0.1, 0.15) is 29.4 Å². The number of hydrogen-bond donors (Lipinski definition) is 3. The highest BCUT2D eigenvalue weighted by molar-refractivity contribution is 5.98. The number of carbonyl (C=O) groups excluding carboxylic acids is 2. The highest BCUT2D eigenvalue weighted by Gasteiger charge is 2.09. The summed E-state index contributed by atoms with van der Waals surface area (Å²) in [4.78, 5) is 23.5. The third kappa shape index (κ3) is 4.45. The minimum absolute atomic E-state index is 0.0936. The SMILES string of the molecule is CCCc1cc(NC(=O)CNC(=O)c2ccccc2)n[nH]1. The molecule has 0 aliphatic rings. The molecule has 0 atom stereocenters. The molecule has 0 spiro atoms. The topological polar surface area (TPSA) is 86.9 Å². The zero-order valence-corrected chi connectivity index (χ0v) is 11.8. The molecule has 3 N–H and O–H groups in total. The minimum Gasteiger partial charge on any atom is -0.343 e. The van der Waals surface area contributed by atoms with E-state index >= 15 is 0 Å². The van der Waals surface area contributed by atoms with Crippen molar-refractivity contribution in [1.29, 1.82) is 0 Å². The van der Waals surface area contributed by atoms with Crippen molar-refractivity contribution in [2.75, 3.05) is 11.9 Å². The zero-order valence-electron chi connectivity index (χ0n) is 11.8. The molecule has 0 radical (unpaired) electrons. The molecule has 0 saturated carbocycles. The summed E-state index contributed by atoms with van der Waals surface area (Å²) in [6.07, 6.45) is 1.89. The van der Waals surface area contributed by atoms with Gasteiger partial charge in [0.25, 0.3) is 5.91 Å². The largest absolute Gasteiger partial charge is 0.343 e. The fraction of sp³-hybridized carbons (Fsp3) is 0.267. The van der Waals surface area contributed by atoms with Crippen molar-refractivity contribution < 1.29 is 9.59 Å². The molecule has 2 aromatic rings.